The lowest BCUT2D eigenvalue weighted by atomic mass is 10.1. The third-order valence-corrected chi connectivity index (χ3v) is 2.08. The molecule has 0 heterocycles. The average molecular weight is 215 g/mol. The summed E-state index contributed by atoms with van der Waals surface area (Å²) in [5, 5.41) is 8.63. The number of rotatable bonds is 1. The summed E-state index contributed by atoms with van der Waals surface area (Å²) in [5.74, 6) is 0.322. The number of benzene rings is 2. The quantitative estimate of drug-likeness (QED) is 0.767. The van der Waals surface area contributed by atoms with Gasteiger partial charge in [-0.15, -0.1) is 0 Å². The van der Waals surface area contributed by atoms with E-state index in [0.29, 0.717) is 5.75 Å². The molecule has 0 aliphatic heterocycles. The predicted octanol–water partition coefficient (Wildman–Crippen LogP) is 3.10. The normalized spacial score (nSPS) is 11.1. The van der Waals surface area contributed by atoms with Crippen LogP contribution in [0.4, 0.5) is 0 Å². The maximum atomic E-state index is 8.63. The average Bonchev–Trinajstić information content (AvgIpc) is 2.32. The van der Waals surface area contributed by atoms with Gasteiger partial charge >= 0.3 is 0 Å². The Hall–Kier alpha value is -1.80. The standard InChI is InChI=1S/C8H11N.C6H6O/c1-7(9)8-5-3-2-4-6-8;7-6-4-2-1-3-5-6/h2-7H,9H2,1H3;1-5,7H. The molecule has 16 heavy (non-hydrogen) atoms. The van der Waals surface area contributed by atoms with Crippen molar-refractivity contribution in [2.45, 2.75) is 13.0 Å². The minimum absolute atomic E-state index is 0.159. The Morgan fingerprint density at radius 3 is 1.56 bits per heavy atom. The number of phenolic OH excluding ortho intramolecular Hbond substituents is 1. The van der Waals surface area contributed by atoms with E-state index in [1.807, 2.05) is 43.3 Å². The van der Waals surface area contributed by atoms with E-state index in [9.17, 15) is 0 Å². The van der Waals surface area contributed by atoms with Crippen molar-refractivity contribution < 1.29 is 5.11 Å². The third kappa shape index (κ3) is 4.62. The summed E-state index contributed by atoms with van der Waals surface area (Å²) in [7, 11) is 0. The topological polar surface area (TPSA) is 46.2 Å². The van der Waals surface area contributed by atoms with Crippen LogP contribution in [-0.4, -0.2) is 5.11 Å². The van der Waals surface area contributed by atoms with Crippen molar-refractivity contribution in [2.75, 3.05) is 0 Å². The van der Waals surface area contributed by atoms with Crippen LogP contribution >= 0.6 is 0 Å². The molecule has 0 bridgehead atoms. The second kappa shape index (κ2) is 6.64. The van der Waals surface area contributed by atoms with E-state index in [1.54, 1.807) is 24.3 Å². The molecule has 0 aliphatic rings. The second-order valence-electron chi connectivity index (χ2n) is 3.53. The molecular weight excluding hydrogens is 198 g/mol. The van der Waals surface area contributed by atoms with E-state index in [2.05, 4.69) is 0 Å². The number of nitrogens with two attached hydrogens (primary N) is 1. The largest absolute Gasteiger partial charge is 0.508 e. The van der Waals surface area contributed by atoms with Gasteiger partial charge in [-0.25, -0.2) is 0 Å². The molecule has 3 N–H and O–H groups in total. The van der Waals surface area contributed by atoms with E-state index >= 15 is 0 Å². The SMILES string of the molecule is CC(N)c1ccccc1.Oc1ccccc1. The molecule has 0 aliphatic carbocycles. The lowest BCUT2D eigenvalue weighted by molar-refractivity contribution is 0.475. The Kier molecular flexibility index (Phi) is 5.09. The number of hydrogen-bond donors (Lipinski definition) is 2. The van der Waals surface area contributed by atoms with Gasteiger partial charge in [-0.05, 0) is 24.6 Å². The number of aromatic hydroxyl groups is 1. The molecule has 84 valence electrons. The van der Waals surface area contributed by atoms with Gasteiger partial charge in [-0.2, -0.15) is 0 Å². The van der Waals surface area contributed by atoms with Crippen molar-refractivity contribution in [3.05, 3.63) is 66.2 Å². The van der Waals surface area contributed by atoms with Crippen molar-refractivity contribution in [3.63, 3.8) is 0 Å². The first-order valence-electron chi connectivity index (χ1n) is 5.24. The Labute approximate surface area is 96.4 Å². The van der Waals surface area contributed by atoms with Crippen LogP contribution in [0.15, 0.2) is 60.7 Å². The van der Waals surface area contributed by atoms with Gasteiger partial charge in [0.2, 0.25) is 0 Å². The highest BCUT2D eigenvalue weighted by Crippen LogP contribution is 2.06. The number of phenols is 1. The molecule has 2 aromatic carbocycles. The van der Waals surface area contributed by atoms with Crippen molar-refractivity contribution in [2.24, 2.45) is 5.73 Å². The minimum atomic E-state index is 0.159. The van der Waals surface area contributed by atoms with Crippen LogP contribution in [0.3, 0.4) is 0 Å². The summed E-state index contributed by atoms with van der Waals surface area (Å²) in [4.78, 5) is 0. The molecule has 1 atom stereocenters. The predicted molar refractivity (Wildman–Crippen MR) is 67.2 cm³/mol. The Morgan fingerprint density at radius 2 is 1.31 bits per heavy atom. The van der Waals surface area contributed by atoms with Crippen LogP contribution in [0.1, 0.15) is 18.5 Å². The summed E-state index contributed by atoms with van der Waals surface area (Å²) < 4.78 is 0. The summed E-state index contributed by atoms with van der Waals surface area (Å²) in [6, 6.07) is 18.9. The van der Waals surface area contributed by atoms with Crippen molar-refractivity contribution in [1.82, 2.24) is 0 Å². The van der Waals surface area contributed by atoms with E-state index in [-0.39, 0.29) is 6.04 Å². The molecule has 1 unspecified atom stereocenters. The van der Waals surface area contributed by atoms with Gasteiger partial charge in [0, 0.05) is 6.04 Å². The molecule has 0 radical (unpaired) electrons. The van der Waals surface area contributed by atoms with E-state index in [1.165, 1.54) is 5.56 Å². The maximum absolute atomic E-state index is 8.63. The highest BCUT2D eigenvalue weighted by atomic mass is 16.3. The van der Waals surface area contributed by atoms with Gasteiger partial charge in [0.1, 0.15) is 5.75 Å². The van der Waals surface area contributed by atoms with Crippen LogP contribution in [-0.2, 0) is 0 Å². The summed E-state index contributed by atoms with van der Waals surface area (Å²) in [6.07, 6.45) is 0. The molecule has 0 spiro atoms. The molecule has 2 aromatic rings. The molecule has 0 saturated heterocycles. The van der Waals surface area contributed by atoms with E-state index < -0.39 is 0 Å². The molecule has 0 saturated carbocycles. The lowest BCUT2D eigenvalue weighted by Crippen LogP contribution is -2.03. The van der Waals surface area contributed by atoms with Gasteiger partial charge in [0.15, 0.2) is 0 Å². The zero-order valence-electron chi connectivity index (χ0n) is 9.38. The fraction of sp³-hybridized carbons (Fsp3) is 0.143. The summed E-state index contributed by atoms with van der Waals surface area (Å²) in [5.41, 5.74) is 6.81. The molecule has 0 aromatic heterocycles. The summed E-state index contributed by atoms with van der Waals surface area (Å²) in [6.45, 7) is 1.98. The third-order valence-electron chi connectivity index (χ3n) is 2.08. The smallest absolute Gasteiger partial charge is 0.115 e. The highest BCUT2D eigenvalue weighted by molar-refractivity contribution is 5.18. The summed E-state index contributed by atoms with van der Waals surface area (Å²) >= 11 is 0. The number of hydrogen-bond acceptors (Lipinski definition) is 2. The molecule has 2 rings (SSSR count). The van der Waals surface area contributed by atoms with Crippen LogP contribution in [0, 0.1) is 0 Å². The fourth-order valence-electron chi connectivity index (χ4n) is 1.18. The van der Waals surface area contributed by atoms with Crippen molar-refractivity contribution >= 4 is 0 Å². The zero-order chi connectivity index (χ0) is 11.8. The monoisotopic (exact) mass is 215 g/mol. The Balaban J connectivity index is 0.000000165. The van der Waals surface area contributed by atoms with E-state index in [4.69, 9.17) is 10.8 Å². The second-order valence-corrected chi connectivity index (χ2v) is 3.53. The molecule has 2 heteroatoms. The van der Waals surface area contributed by atoms with Crippen LogP contribution in [0.5, 0.6) is 5.75 Å². The first-order chi connectivity index (χ1) is 7.70. The van der Waals surface area contributed by atoms with Gasteiger partial charge < -0.3 is 10.8 Å². The Bertz CT molecular complexity index is 384. The number of para-hydroxylation sites is 1. The van der Waals surface area contributed by atoms with Crippen molar-refractivity contribution in [1.29, 1.82) is 0 Å². The lowest BCUT2D eigenvalue weighted by Gasteiger charge is -2.02. The molecular formula is C14H17NO. The van der Waals surface area contributed by atoms with Crippen LogP contribution in [0.2, 0.25) is 0 Å². The van der Waals surface area contributed by atoms with Crippen LogP contribution < -0.4 is 5.73 Å². The van der Waals surface area contributed by atoms with Crippen LogP contribution in [0.25, 0.3) is 0 Å². The molecule has 2 nitrogen and oxygen atoms in total. The first kappa shape index (κ1) is 12.3. The maximum Gasteiger partial charge on any atom is 0.115 e. The Morgan fingerprint density at radius 1 is 0.875 bits per heavy atom. The molecule has 0 fully saturated rings. The van der Waals surface area contributed by atoms with Gasteiger partial charge in [0.25, 0.3) is 0 Å². The highest BCUT2D eigenvalue weighted by Gasteiger charge is 1.93. The first-order valence-corrected chi connectivity index (χ1v) is 5.24. The van der Waals surface area contributed by atoms with Crippen molar-refractivity contribution in [3.8, 4) is 5.75 Å². The fourth-order valence-corrected chi connectivity index (χ4v) is 1.18. The van der Waals surface area contributed by atoms with Gasteiger partial charge in [-0.1, -0.05) is 48.5 Å². The molecule has 0 amide bonds. The van der Waals surface area contributed by atoms with E-state index in [0.717, 1.165) is 0 Å². The minimum Gasteiger partial charge on any atom is -0.508 e. The van der Waals surface area contributed by atoms with Gasteiger partial charge in [-0.3, -0.25) is 0 Å². The zero-order valence-corrected chi connectivity index (χ0v) is 9.38. The van der Waals surface area contributed by atoms with Gasteiger partial charge in [0.05, 0.1) is 0 Å².